The van der Waals surface area contributed by atoms with E-state index in [1.165, 1.54) is 10.9 Å². The van der Waals surface area contributed by atoms with Gasteiger partial charge >= 0.3 is 0 Å². The highest BCUT2D eigenvalue weighted by Gasteiger charge is 2.26. The van der Waals surface area contributed by atoms with Crippen molar-refractivity contribution in [2.24, 2.45) is 0 Å². The number of methoxy groups -OCH3 is 1. The second-order valence-corrected chi connectivity index (χ2v) is 8.60. The number of ketones is 1. The van der Waals surface area contributed by atoms with Crippen molar-refractivity contribution in [1.29, 1.82) is 0 Å². The second-order valence-electron chi connectivity index (χ2n) is 7.75. The summed E-state index contributed by atoms with van der Waals surface area (Å²) >= 11 is 12.2. The average molecular weight is 476 g/mol. The number of hydrogen-bond donors (Lipinski definition) is 1. The van der Waals surface area contributed by atoms with Crippen molar-refractivity contribution in [3.05, 3.63) is 63.1 Å². The highest BCUT2D eigenvalue weighted by atomic mass is 35.5. The fourth-order valence-corrected chi connectivity index (χ4v) is 4.21. The Kier molecular flexibility index (Phi) is 7.10. The van der Waals surface area contributed by atoms with Crippen molar-refractivity contribution in [3.63, 3.8) is 0 Å². The largest absolute Gasteiger partial charge is 0.456 e. The van der Waals surface area contributed by atoms with E-state index >= 15 is 0 Å². The zero-order chi connectivity index (χ0) is 22.7. The Bertz CT molecular complexity index is 1180. The minimum atomic E-state index is -0.333. The highest BCUT2D eigenvalue weighted by Crippen LogP contribution is 2.32. The molecule has 1 N–H and O–H groups in total. The summed E-state index contributed by atoms with van der Waals surface area (Å²) in [4.78, 5) is 30.0. The molecule has 0 unspecified atom stereocenters. The van der Waals surface area contributed by atoms with Crippen molar-refractivity contribution in [1.82, 2.24) is 14.9 Å². The Hall–Kier alpha value is -2.45. The van der Waals surface area contributed by atoms with E-state index in [-0.39, 0.29) is 36.5 Å². The molecule has 0 spiro atoms. The van der Waals surface area contributed by atoms with E-state index in [1.807, 2.05) is 0 Å². The summed E-state index contributed by atoms with van der Waals surface area (Å²) in [7, 11) is 1.65. The van der Waals surface area contributed by atoms with Crippen LogP contribution in [0.3, 0.4) is 0 Å². The lowest BCUT2D eigenvalue weighted by atomic mass is 9.96. The van der Waals surface area contributed by atoms with Crippen LogP contribution in [-0.2, 0) is 16.1 Å². The number of Topliss-reactive ketones (excluding diaryl/α,β-unsaturated/α-hetero) is 1. The van der Waals surface area contributed by atoms with Gasteiger partial charge in [0.05, 0.1) is 34.9 Å². The molecule has 3 aromatic rings. The molecule has 7 nitrogen and oxygen atoms in total. The normalized spacial score (nSPS) is 18.6. The SMILES string of the molecule is CO[C@H]1CCCN[C@@H]1CC(=O)Cn1cnc2cc(Cl)c(Oc3ccc(Cl)cc3)cc2c1=O. The van der Waals surface area contributed by atoms with Crippen LogP contribution in [0.4, 0.5) is 0 Å². The lowest BCUT2D eigenvalue weighted by Crippen LogP contribution is -2.47. The first-order valence-corrected chi connectivity index (χ1v) is 11.1. The summed E-state index contributed by atoms with van der Waals surface area (Å²) in [5.74, 6) is 0.780. The molecule has 32 heavy (non-hydrogen) atoms. The van der Waals surface area contributed by atoms with E-state index in [2.05, 4.69) is 10.3 Å². The van der Waals surface area contributed by atoms with E-state index in [9.17, 15) is 9.59 Å². The quantitative estimate of drug-likeness (QED) is 0.550. The van der Waals surface area contributed by atoms with Crippen LogP contribution in [0.1, 0.15) is 19.3 Å². The van der Waals surface area contributed by atoms with Gasteiger partial charge in [-0.2, -0.15) is 0 Å². The first-order valence-electron chi connectivity index (χ1n) is 10.3. The fraction of sp³-hybridized carbons (Fsp3) is 0.348. The van der Waals surface area contributed by atoms with Gasteiger partial charge in [-0.25, -0.2) is 4.98 Å². The van der Waals surface area contributed by atoms with Gasteiger partial charge in [-0.1, -0.05) is 23.2 Å². The molecule has 0 bridgehead atoms. The molecule has 0 amide bonds. The van der Waals surface area contributed by atoms with Gasteiger partial charge in [-0.3, -0.25) is 14.2 Å². The first kappa shape index (κ1) is 22.7. The number of rotatable bonds is 7. The Balaban J connectivity index is 1.55. The zero-order valence-corrected chi connectivity index (χ0v) is 19.0. The van der Waals surface area contributed by atoms with E-state index in [1.54, 1.807) is 43.5 Å². The molecule has 4 rings (SSSR count). The molecule has 1 saturated heterocycles. The van der Waals surface area contributed by atoms with Crippen molar-refractivity contribution in [2.45, 2.75) is 38.0 Å². The number of aromatic nitrogens is 2. The third-order valence-electron chi connectivity index (χ3n) is 5.54. The highest BCUT2D eigenvalue weighted by molar-refractivity contribution is 6.32. The molecule has 2 heterocycles. The molecule has 1 fully saturated rings. The van der Waals surface area contributed by atoms with Gasteiger partial charge < -0.3 is 14.8 Å². The summed E-state index contributed by atoms with van der Waals surface area (Å²) in [6.45, 7) is 0.791. The average Bonchev–Trinajstić information content (AvgIpc) is 2.78. The van der Waals surface area contributed by atoms with Crippen molar-refractivity contribution >= 4 is 39.9 Å². The van der Waals surface area contributed by atoms with Gasteiger partial charge in [0.2, 0.25) is 0 Å². The molecular weight excluding hydrogens is 453 g/mol. The van der Waals surface area contributed by atoms with Crippen molar-refractivity contribution in [2.75, 3.05) is 13.7 Å². The number of carbonyl (C=O) groups excluding carboxylic acids is 1. The van der Waals surface area contributed by atoms with Crippen molar-refractivity contribution < 1.29 is 14.3 Å². The molecule has 2 aromatic carbocycles. The Morgan fingerprint density at radius 3 is 2.78 bits per heavy atom. The predicted molar refractivity (Wildman–Crippen MR) is 124 cm³/mol. The maximum atomic E-state index is 13.1. The Labute approximate surface area is 195 Å². The van der Waals surface area contributed by atoms with E-state index in [0.717, 1.165) is 19.4 Å². The number of nitrogens with one attached hydrogen (secondary N) is 1. The molecule has 1 aliphatic heterocycles. The zero-order valence-electron chi connectivity index (χ0n) is 17.5. The van der Waals surface area contributed by atoms with Gasteiger partial charge in [-0.05, 0) is 55.8 Å². The Morgan fingerprint density at radius 1 is 1.25 bits per heavy atom. The van der Waals surface area contributed by atoms with Crippen LogP contribution in [0.15, 0.2) is 47.5 Å². The lowest BCUT2D eigenvalue weighted by Gasteiger charge is -2.31. The number of piperidine rings is 1. The van der Waals surface area contributed by atoms with Gasteiger partial charge in [0.15, 0.2) is 5.78 Å². The first-order chi connectivity index (χ1) is 15.4. The van der Waals surface area contributed by atoms with Gasteiger partial charge in [0.1, 0.15) is 11.5 Å². The minimum absolute atomic E-state index is 0.00568. The summed E-state index contributed by atoms with van der Waals surface area (Å²) < 4.78 is 12.6. The number of ether oxygens (including phenoxy) is 2. The Morgan fingerprint density at radius 2 is 2.03 bits per heavy atom. The number of fused-ring (bicyclic) bond motifs is 1. The lowest BCUT2D eigenvalue weighted by molar-refractivity contribution is -0.121. The third-order valence-corrected chi connectivity index (χ3v) is 6.08. The minimum Gasteiger partial charge on any atom is -0.456 e. The molecule has 2 atom stereocenters. The smallest absolute Gasteiger partial charge is 0.261 e. The molecule has 0 saturated carbocycles. The maximum Gasteiger partial charge on any atom is 0.261 e. The molecule has 1 aromatic heterocycles. The number of hydrogen-bond acceptors (Lipinski definition) is 6. The number of benzene rings is 2. The van der Waals surface area contributed by atoms with Crippen LogP contribution in [-0.4, -0.2) is 41.1 Å². The number of halogens is 2. The van der Waals surface area contributed by atoms with Gasteiger partial charge in [0, 0.05) is 24.6 Å². The molecule has 9 heteroatoms. The summed E-state index contributed by atoms with van der Waals surface area (Å²) in [5, 5.41) is 4.56. The monoisotopic (exact) mass is 475 g/mol. The number of carbonyl (C=O) groups is 1. The van der Waals surface area contributed by atoms with E-state index in [4.69, 9.17) is 32.7 Å². The molecule has 0 radical (unpaired) electrons. The van der Waals surface area contributed by atoms with Crippen LogP contribution < -0.4 is 15.6 Å². The second kappa shape index (κ2) is 10.0. The van der Waals surface area contributed by atoms with Crippen LogP contribution >= 0.6 is 23.2 Å². The molecular formula is C23H23Cl2N3O4. The topological polar surface area (TPSA) is 82.4 Å². The summed E-state index contributed by atoms with van der Waals surface area (Å²) in [5.41, 5.74) is 0.0985. The van der Waals surface area contributed by atoms with Crippen LogP contribution in [0.25, 0.3) is 10.9 Å². The van der Waals surface area contributed by atoms with Gasteiger partial charge in [-0.15, -0.1) is 0 Å². The van der Waals surface area contributed by atoms with Crippen LogP contribution in [0, 0.1) is 0 Å². The van der Waals surface area contributed by atoms with Gasteiger partial charge in [0.25, 0.3) is 5.56 Å². The van der Waals surface area contributed by atoms with Crippen LogP contribution in [0.2, 0.25) is 10.0 Å². The molecule has 168 valence electrons. The number of nitrogens with zero attached hydrogens (tertiary/aromatic N) is 2. The summed E-state index contributed by atoms with van der Waals surface area (Å²) in [6.07, 6.45) is 3.58. The van der Waals surface area contributed by atoms with E-state index in [0.29, 0.717) is 32.4 Å². The van der Waals surface area contributed by atoms with E-state index < -0.39 is 0 Å². The third kappa shape index (κ3) is 5.13. The fourth-order valence-electron chi connectivity index (χ4n) is 3.89. The standard InChI is InChI=1S/C23H23Cl2N3O4/c1-31-21-3-2-8-26-20(21)9-15(29)12-28-13-27-19-11-18(25)22(10-17(19)23(28)30)32-16-6-4-14(24)5-7-16/h4-7,10-11,13,20-21,26H,2-3,8-9,12H2,1H3/t20-,21+/m1/s1. The van der Waals surface area contributed by atoms with Crippen molar-refractivity contribution in [3.8, 4) is 11.5 Å². The predicted octanol–water partition coefficient (Wildman–Crippen LogP) is 4.22. The maximum absolute atomic E-state index is 13.1. The summed E-state index contributed by atoms with van der Waals surface area (Å²) in [6, 6.07) is 9.87. The molecule has 1 aliphatic rings. The molecule has 0 aliphatic carbocycles. The van der Waals surface area contributed by atoms with Crippen LogP contribution in [0.5, 0.6) is 11.5 Å².